The molecule has 26 heavy (non-hydrogen) atoms. The second kappa shape index (κ2) is 7.95. The maximum absolute atomic E-state index is 12.2. The van der Waals surface area contributed by atoms with Crippen LogP contribution in [-0.4, -0.2) is 30.9 Å². The van der Waals surface area contributed by atoms with Crippen molar-refractivity contribution < 1.29 is 19.0 Å². The molecule has 0 saturated heterocycles. The van der Waals surface area contributed by atoms with Gasteiger partial charge in [0.05, 0.1) is 42.8 Å². The van der Waals surface area contributed by atoms with Gasteiger partial charge in [0, 0.05) is 18.3 Å². The van der Waals surface area contributed by atoms with Gasteiger partial charge in [0.1, 0.15) is 12.1 Å². The number of nitrogen functional groups attached to an aromatic ring is 1. The van der Waals surface area contributed by atoms with Crippen molar-refractivity contribution in [2.24, 2.45) is 0 Å². The predicted octanol–water partition coefficient (Wildman–Crippen LogP) is 2.39. The number of esters is 1. The number of hydrogen-bond donors (Lipinski definition) is 1. The van der Waals surface area contributed by atoms with Crippen molar-refractivity contribution in [2.75, 3.05) is 26.1 Å². The van der Waals surface area contributed by atoms with Crippen molar-refractivity contribution in [3.05, 3.63) is 35.2 Å². The van der Waals surface area contributed by atoms with Crippen LogP contribution in [-0.2, 0) is 4.74 Å². The highest BCUT2D eigenvalue weighted by atomic mass is 16.5. The first-order valence-corrected chi connectivity index (χ1v) is 7.85. The maximum Gasteiger partial charge on any atom is 0.357 e. The molecule has 0 spiro atoms. The van der Waals surface area contributed by atoms with Gasteiger partial charge in [-0.15, -0.1) is 0 Å². The fourth-order valence-corrected chi connectivity index (χ4v) is 2.48. The maximum atomic E-state index is 12.2. The summed E-state index contributed by atoms with van der Waals surface area (Å²) in [4.78, 5) is 12.2. The topological polar surface area (TPSA) is 123 Å². The number of hydrogen-bond acceptors (Lipinski definition) is 7. The van der Waals surface area contributed by atoms with E-state index in [9.17, 15) is 15.3 Å². The van der Waals surface area contributed by atoms with Gasteiger partial charge in [-0.3, -0.25) is 0 Å². The van der Waals surface area contributed by atoms with Crippen LogP contribution >= 0.6 is 0 Å². The summed E-state index contributed by atoms with van der Waals surface area (Å²) in [6.45, 7) is 4.41. The molecular formula is C18H18N4O4. The zero-order valence-electron chi connectivity index (χ0n) is 14.7. The van der Waals surface area contributed by atoms with Crippen molar-refractivity contribution in [3.8, 4) is 29.3 Å². The molecule has 0 aliphatic carbocycles. The molecule has 0 bridgehead atoms. The normalized spacial score (nSPS) is 9.88. The summed E-state index contributed by atoms with van der Waals surface area (Å²) in [5, 5.41) is 18.8. The van der Waals surface area contributed by atoms with Gasteiger partial charge in [-0.1, -0.05) is 0 Å². The van der Waals surface area contributed by atoms with E-state index < -0.39 is 5.97 Å². The molecule has 0 amide bonds. The molecule has 8 nitrogen and oxygen atoms in total. The Morgan fingerprint density at radius 2 is 1.69 bits per heavy atom. The number of methoxy groups -OCH3 is 1. The molecule has 0 unspecified atom stereocenters. The molecular weight excluding hydrogens is 336 g/mol. The molecule has 2 N–H and O–H groups in total. The Labute approximate surface area is 150 Å². The van der Waals surface area contributed by atoms with Gasteiger partial charge < -0.3 is 24.5 Å². The van der Waals surface area contributed by atoms with E-state index in [1.54, 1.807) is 6.07 Å². The highest BCUT2D eigenvalue weighted by Gasteiger charge is 2.24. The molecule has 8 heteroatoms. The van der Waals surface area contributed by atoms with E-state index in [-0.39, 0.29) is 22.5 Å². The molecule has 134 valence electrons. The van der Waals surface area contributed by atoms with Crippen LogP contribution in [0.25, 0.3) is 5.69 Å². The Hall–Kier alpha value is -3.65. The lowest BCUT2D eigenvalue weighted by atomic mass is 10.1. The molecule has 1 aromatic heterocycles. The van der Waals surface area contributed by atoms with E-state index in [1.807, 2.05) is 19.9 Å². The molecule has 2 aromatic rings. The van der Waals surface area contributed by atoms with Crippen molar-refractivity contribution in [1.29, 1.82) is 10.5 Å². The third-order valence-electron chi connectivity index (χ3n) is 3.59. The molecule has 0 saturated carbocycles. The van der Waals surface area contributed by atoms with Gasteiger partial charge in [0.2, 0.25) is 0 Å². The van der Waals surface area contributed by atoms with Crippen LogP contribution in [0.2, 0.25) is 0 Å². The van der Waals surface area contributed by atoms with Gasteiger partial charge in [-0.2, -0.15) is 10.5 Å². The molecule has 0 aliphatic heterocycles. The number of rotatable bonds is 6. The third-order valence-corrected chi connectivity index (χ3v) is 3.59. The minimum atomic E-state index is -0.722. The van der Waals surface area contributed by atoms with E-state index >= 15 is 0 Å². The number of aromatic nitrogens is 1. The van der Waals surface area contributed by atoms with Crippen LogP contribution < -0.4 is 15.2 Å². The highest BCUT2D eigenvalue weighted by molar-refractivity contribution is 5.96. The molecule has 0 radical (unpaired) electrons. The lowest BCUT2D eigenvalue weighted by Crippen LogP contribution is -2.12. The summed E-state index contributed by atoms with van der Waals surface area (Å²) in [7, 11) is 1.21. The predicted molar refractivity (Wildman–Crippen MR) is 93.3 cm³/mol. The van der Waals surface area contributed by atoms with Crippen LogP contribution in [0.5, 0.6) is 11.5 Å². The van der Waals surface area contributed by atoms with Crippen LogP contribution in [0, 0.1) is 22.7 Å². The van der Waals surface area contributed by atoms with E-state index in [2.05, 4.69) is 6.07 Å². The summed E-state index contributed by atoms with van der Waals surface area (Å²) >= 11 is 0. The number of carbonyl (C=O) groups is 1. The van der Waals surface area contributed by atoms with Gasteiger partial charge in [0.15, 0.2) is 17.2 Å². The first-order valence-electron chi connectivity index (χ1n) is 7.85. The van der Waals surface area contributed by atoms with E-state index in [4.69, 9.17) is 19.9 Å². The Morgan fingerprint density at radius 1 is 1.12 bits per heavy atom. The monoisotopic (exact) mass is 354 g/mol. The molecule has 0 atom stereocenters. The molecule has 0 fully saturated rings. The van der Waals surface area contributed by atoms with E-state index in [1.165, 1.54) is 23.9 Å². The third kappa shape index (κ3) is 3.26. The summed E-state index contributed by atoms with van der Waals surface area (Å²) in [5.74, 6) is 0.0968. The van der Waals surface area contributed by atoms with Crippen molar-refractivity contribution in [2.45, 2.75) is 13.8 Å². The Balaban J connectivity index is 2.80. The first kappa shape index (κ1) is 18.7. The highest BCUT2D eigenvalue weighted by Crippen LogP contribution is 2.35. The summed E-state index contributed by atoms with van der Waals surface area (Å²) in [5.41, 5.74) is 6.51. The van der Waals surface area contributed by atoms with Gasteiger partial charge in [-0.25, -0.2) is 4.79 Å². The zero-order chi connectivity index (χ0) is 19.3. The van der Waals surface area contributed by atoms with Gasteiger partial charge in [-0.05, 0) is 13.8 Å². The number of carbonyl (C=O) groups excluding carboxylic acids is 1. The summed E-state index contributed by atoms with van der Waals surface area (Å²) in [6, 6.07) is 7.07. The van der Waals surface area contributed by atoms with Crippen LogP contribution in [0.4, 0.5) is 5.69 Å². The van der Waals surface area contributed by atoms with E-state index in [0.717, 1.165) is 0 Å². The lowest BCUT2D eigenvalue weighted by Gasteiger charge is -2.16. The van der Waals surface area contributed by atoms with Crippen molar-refractivity contribution in [1.82, 2.24) is 4.57 Å². The fourth-order valence-electron chi connectivity index (χ4n) is 2.48. The van der Waals surface area contributed by atoms with Crippen LogP contribution in [0.1, 0.15) is 35.5 Å². The molecule has 1 aromatic carbocycles. The number of nitriles is 2. The Bertz CT molecular complexity index is 919. The van der Waals surface area contributed by atoms with Crippen molar-refractivity contribution >= 4 is 11.7 Å². The van der Waals surface area contributed by atoms with E-state index in [0.29, 0.717) is 30.4 Å². The van der Waals surface area contributed by atoms with Gasteiger partial charge in [0.25, 0.3) is 0 Å². The average molecular weight is 354 g/mol. The Morgan fingerprint density at radius 3 is 2.19 bits per heavy atom. The largest absolute Gasteiger partial charge is 0.490 e. The molecule has 2 rings (SSSR count). The SMILES string of the molecule is CCOc1cc(C#N)c(-n2cc(C#N)c(N)c2C(=O)OC)cc1OCC. The van der Waals surface area contributed by atoms with Crippen LogP contribution in [0.15, 0.2) is 18.3 Å². The number of nitrogens with two attached hydrogens (primary N) is 1. The first-order chi connectivity index (χ1) is 12.5. The summed E-state index contributed by atoms with van der Waals surface area (Å²) in [6.07, 6.45) is 1.38. The second-order valence-electron chi connectivity index (χ2n) is 5.07. The minimum absolute atomic E-state index is 0.0184. The standard InChI is InChI=1S/C18H18N4O4/c1-4-25-14-6-11(8-19)13(7-15(14)26-5-2)22-10-12(9-20)16(21)17(22)18(23)24-3/h6-7,10H,4-5,21H2,1-3H3. The Kier molecular flexibility index (Phi) is 5.71. The second-order valence-corrected chi connectivity index (χ2v) is 5.07. The molecule has 1 heterocycles. The number of nitrogens with zero attached hydrogens (tertiary/aromatic N) is 3. The number of anilines is 1. The molecule has 0 aliphatic rings. The minimum Gasteiger partial charge on any atom is -0.490 e. The number of benzene rings is 1. The number of ether oxygens (including phenoxy) is 3. The average Bonchev–Trinajstić information content (AvgIpc) is 2.98. The van der Waals surface area contributed by atoms with Crippen LogP contribution in [0.3, 0.4) is 0 Å². The van der Waals surface area contributed by atoms with Crippen molar-refractivity contribution in [3.63, 3.8) is 0 Å². The summed E-state index contributed by atoms with van der Waals surface area (Å²) < 4.78 is 17.2. The quantitative estimate of drug-likeness (QED) is 0.790. The smallest absolute Gasteiger partial charge is 0.357 e. The lowest BCUT2D eigenvalue weighted by molar-refractivity contribution is 0.0593. The fraction of sp³-hybridized carbons (Fsp3) is 0.278. The zero-order valence-corrected chi connectivity index (χ0v) is 14.7. The van der Waals surface area contributed by atoms with Gasteiger partial charge >= 0.3 is 5.97 Å².